The van der Waals surface area contributed by atoms with Crippen LogP contribution in [-0.4, -0.2) is 122 Å². The van der Waals surface area contributed by atoms with Crippen LogP contribution in [0.2, 0.25) is 0 Å². The third kappa shape index (κ3) is 44.3. The minimum absolute atomic E-state index is 0.00347. The molecule has 0 bridgehead atoms. The first-order valence-electron chi connectivity index (χ1n) is 51.9. The molecule has 838 valence electrons. The molecule has 148 heavy (non-hydrogen) atoms. The lowest BCUT2D eigenvalue weighted by Gasteiger charge is -2.35. The Hall–Kier alpha value is -5.99. The van der Waals surface area contributed by atoms with E-state index in [1.165, 1.54) is 78.9 Å². The summed E-state index contributed by atoms with van der Waals surface area (Å²) in [7, 11) is 11.9. The number of aliphatic hydroxyl groups is 6. The first-order chi connectivity index (χ1) is 66.4. The average molecular weight is 2200 g/mol. The molecule has 26 heteroatoms. The maximum Gasteiger partial charge on any atom is 0.254 e. The summed E-state index contributed by atoms with van der Waals surface area (Å²) in [5.41, 5.74) is 8.27. The van der Waals surface area contributed by atoms with Crippen LogP contribution >= 0.6 is 90.7 Å². The van der Waals surface area contributed by atoms with Gasteiger partial charge in [-0.2, -0.15) is 0 Å². The van der Waals surface area contributed by atoms with Gasteiger partial charge in [0, 0.05) is 136 Å². The van der Waals surface area contributed by atoms with E-state index < -0.39 is 34.1 Å². The summed E-state index contributed by atoms with van der Waals surface area (Å²) in [5, 5.41) is 64.7. The van der Waals surface area contributed by atoms with Crippen LogP contribution in [0.5, 0.6) is 0 Å². The third-order valence-corrected chi connectivity index (χ3v) is 35.8. The molecular formula is C122H199FN6O11S8. The van der Waals surface area contributed by atoms with E-state index in [1.807, 2.05) is 98.2 Å². The zero-order valence-corrected chi connectivity index (χ0v) is 109. The highest BCUT2D eigenvalue weighted by Gasteiger charge is 2.43. The van der Waals surface area contributed by atoms with Crippen LogP contribution in [0.25, 0.3) is 5.57 Å². The molecule has 0 radical (unpaired) electrons. The molecule has 1 saturated heterocycles. The van der Waals surface area contributed by atoms with Crippen molar-refractivity contribution in [2.24, 2.45) is 0 Å². The molecule has 1 aliphatic heterocycles. The number of aromatic nitrogens is 3. The molecule has 1 fully saturated rings. The minimum Gasteiger partial charge on any atom is -0.468 e. The molecule has 0 saturated carbocycles. The van der Waals surface area contributed by atoms with Gasteiger partial charge < -0.3 is 63.3 Å². The number of allylic oxidation sites excluding steroid dienone is 1. The normalized spacial score (nSPS) is 13.5. The molecule has 12 rings (SSSR count). The number of aliphatic hydroxyl groups excluding tert-OH is 1. The van der Waals surface area contributed by atoms with Gasteiger partial charge in [0.25, 0.3) is 5.91 Å². The summed E-state index contributed by atoms with van der Waals surface area (Å²) in [6.45, 7) is 109. The number of hydrogen-bond acceptors (Lipinski definition) is 24. The number of nitrogens with zero attached hydrogens (tertiary/aromatic N) is 6. The van der Waals surface area contributed by atoms with Crippen LogP contribution in [0.4, 0.5) is 4.39 Å². The van der Waals surface area contributed by atoms with E-state index in [1.54, 1.807) is 114 Å². The van der Waals surface area contributed by atoms with Crippen molar-refractivity contribution in [3.63, 3.8) is 0 Å². The second kappa shape index (κ2) is 54.6. The van der Waals surface area contributed by atoms with Crippen molar-refractivity contribution >= 4 is 102 Å². The number of halogens is 1. The number of carbonyl (C=O) groups excluding carboxylic acids is 1. The predicted octanol–water partition coefficient (Wildman–Crippen LogP) is 34.0. The summed E-state index contributed by atoms with van der Waals surface area (Å²) < 4.78 is 34.8. The summed E-state index contributed by atoms with van der Waals surface area (Å²) in [6, 6.07) is 16.2. The zero-order valence-electron chi connectivity index (χ0n) is 102. The number of carbonyl (C=O) groups is 1. The van der Waals surface area contributed by atoms with Crippen molar-refractivity contribution in [3.8, 4) is 0 Å². The molecule has 6 N–H and O–H groups in total. The quantitative estimate of drug-likeness (QED) is 0.0560. The maximum absolute atomic E-state index is 13.0. The van der Waals surface area contributed by atoms with E-state index in [4.69, 9.17) is 23.0 Å². The zero-order chi connectivity index (χ0) is 116. The van der Waals surface area contributed by atoms with E-state index in [-0.39, 0.29) is 60.5 Å². The molecule has 17 nitrogen and oxygen atoms in total. The van der Waals surface area contributed by atoms with E-state index in [2.05, 4.69) is 340 Å². The fourth-order valence-electron chi connectivity index (χ4n) is 13.5. The van der Waals surface area contributed by atoms with E-state index >= 15 is 0 Å². The smallest absolute Gasteiger partial charge is 0.254 e. The van der Waals surface area contributed by atoms with Crippen LogP contribution in [0.1, 0.15) is 460 Å². The Kier molecular flexibility index (Phi) is 50.9. The maximum atomic E-state index is 13.0. The Morgan fingerprint density at radius 3 is 1.19 bits per heavy atom. The van der Waals surface area contributed by atoms with Gasteiger partial charge in [-0.1, -0.05) is 241 Å². The molecule has 0 aromatic carbocycles. The predicted molar refractivity (Wildman–Crippen MR) is 641 cm³/mol. The highest BCUT2D eigenvalue weighted by Crippen LogP contribution is 2.44. The Morgan fingerprint density at radius 2 is 0.905 bits per heavy atom. The van der Waals surface area contributed by atoms with Crippen molar-refractivity contribution in [3.05, 3.63) is 231 Å². The van der Waals surface area contributed by atoms with Gasteiger partial charge >= 0.3 is 0 Å². The summed E-state index contributed by atoms with van der Waals surface area (Å²) in [4.78, 5) is 45.5. The summed E-state index contributed by atoms with van der Waals surface area (Å²) in [6.07, 6.45) is 5.20. The number of amides is 1. The fourth-order valence-corrected chi connectivity index (χ4v) is 21.9. The van der Waals surface area contributed by atoms with Gasteiger partial charge in [-0.3, -0.25) is 4.79 Å². The number of ether oxygens (including phenoxy) is 1. The largest absolute Gasteiger partial charge is 0.468 e. The molecular weight excluding hydrogens is 2000 g/mol. The molecule has 11 aromatic heterocycles. The van der Waals surface area contributed by atoms with Gasteiger partial charge in [-0.05, 0) is 250 Å². The van der Waals surface area contributed by atoms with Crippen LogP contribution in [0.3, 0.4) is 0 Å². The second-order valence-corrected chi connectivity index (χ2v) is 61.3. The summed E-state index contributed by atoms with van der Waals surface area (Å²) in [5.74, 6) is 4.68. The molecule has 1 atom stereocenters. The Bertz CT molecular complexity index is 5660. The van der Waals surface area contributed by atoms with Crippen molar-refractivity contribution in [1.82, 2.24) is 29.7 Å². The van der Waals surface area contributed by atoms with Crippen molar-refractivity contribution in [1.29, 1.82) is 0 Å². The number of thiophene rings is 5. The molecule has 1 amide bonds. The Balaban J connectivity index is 0.000000551. The van der Waals surface area contributed by atoms with E-state index in [9.17, 15) is 39.8 Å². The number of aryl methyl sites for hydroxylation is 9. The van der Waals surface area contributed by atoms with Crippen molar-refractivity contribution < 1.29 is 57.8 Å². The van der Waals surface area contributed by atoms with Crippen molar-refractivity contribution in [2.45, 2.75) is 460 Å². The number of hydrogen-bond donors (Lipinski definition) is 6. The van der Waals surface area contributed by atoms with Gasteiger partial charge in [0.15, 0.2) is 5.60 Å². The lowest BCUT2D eigenvalue weighted by molar-refractivity contribution is -0.186. The van der Waals surface area contributed by atoms with Gasteiger partial charge in [0.2, 0.25) is 0 Å². The standard InChI is InChI=1S/C14H24OS.C12H19NOS.C12H21NO.C11H20N2S.C11H17NO2S.2C11H18O2.C11H16S.C10H17NOS.C10H16S.C9H13FOS/c1-7-14(15,8-2)11-9-12(13(4,5)6)16-10(11)3;1-8-9(11(14)13(5)6)7-10(15-8)12(2,3)4;1-9-10(8-13(5)6)7-11(14-9)12(2,3)4;1-8-9(7-13(5)6)12-10(14-8)11(2,3)4;1-7-8(11(13)5-14-6-11)12-9(15-7)10(2,3)4;1-10(2,3)9-6-8(7-13-9)11(4,5)12;1-7(12)9-6-10(11(3,4)5)13-8(9)2;1-8(2)9-6-10(12-7-9)11(3,4)5;1-9(2,3)8-11-6-7(13-8)10(4,5)12;1-7-6-9(10(3,4)5)11-8(7)2;1-4-7-6(10)5-8(12-7)9(2,3)11/h9,15H,7-8H2,1-6H3;7H,1-6H3;7H,8H2,1-6H3;7H2,1-6H3;13H,5-6H2,1-4H3;2*6-7,12H,1-5H3;6-7H,1H2,2-5H3;6,12H,1-5H3;6H,1-5H3;5,11H,4H2,1-3H3. The molecule has 12 heterocycles. The highest BCUT2D eigenvalue weighted by atomic mass is 32.1. The molecule has 11 aromatic rings. The minimum atomic E-state index is -0.918. The second-order valence-electron chi connectivity index (χ2n) is 52.0. The van der Waals surface area contributed by atoms with Crippen LogP contribution in [0.15, 0.2) is 86.2 Å². The third-order valence-electron chi connectivity index (χ3n) is 23.8. The van der Waals surface area contributed by atoms with Gasteiger partial charge in [-0.15, -0.1) is 90.7 Å². The molecule has 1 unspecified atom stereocenters. The van der Waals surface area contributed by atoms with Crippen molar-refractivity contribution in [2.75, 3.05) is 55.5 Å². The number of thiazole rings is 3. The lowest BCUT2D eigenvalue weighted by Crippen LogP contribution is -2.47. The monoisotopic (exact) mass is 2200 g/mol. The first-order valence-corrected chi connectivity index (χ1v) is 58.5. The topological polar surface area (TPSA) is 235 Å². The first kappa shape index (κ1) is 138. The van der Waals surface area contributed by atoms with Gasteiger partial charge in [0.05, 0.1) is 84.8 Å². The summed E-state index contributed by atoms with van der Waals surface area (Å²) >= 11 is 13.7. The van der Waals surface area contributed by atoms with Crippen LogP contribution < -0.4 is 0 Å². The fraction of sp³-hybridized carbons (Fsp3) is 0.639. The Morgan fingerprint density at radius 1 is 0.466 bits per heavy atom. The lowest BCUT2D eigenvalue weighted by atomic mass is 9.86. The molecule has 0 aliphatic carbocycles. The van der Waals surface area contributed by atoms with Crippen LogP contribution in [-0.2, 0) is 106 Å². The number of furan rings is 3. The average Bonchev–Trinajstić information content (AvgIpc) is 1.61. The van der Waals surface area contributed by atoms with Gasteiger partial charge in [-0.25, -0.2) is 19.3 Å². The van der Waals surface area contributed by atoms with E-state index in [0.29, 0.717) is 34.8 Å². The molecule has 0 spiro atoms. The highest BCUT2D eigenvalue weighted by molar-refractivity contribution is 7.14. The Labute approximate surface area is 929 Å². The van der Waals surface area contributed by atoms with Crippen LogP contribution in [0, 0.1) is 61.2 Å². The van der Waals surface area contributed by atoms with E-state index in [0.717, 1.165) is 113 Å². The van der Waals surface area contributed by atoms with Gasteiger partial charge in [0.1, 0.15) is 34.6 Å². The number of rotatable bonds is 15. The molecule has 1 aliphatic rings. The SMILES string of the molecule is C=C(C)c1csc(C(C)(C)C)c1.CC(C)(C)c1cc(C(C)(C)O)co1.CC(C)(C)c1ncc(C(C)(C)O)s1.CCC(O)(CC)c1cc(C(C)(C)C)sc1C.CCc1sc(C(C)(C)O)cc1F.Cc1cc(C(C)(C)C)sc1C.Cc1oc(C(C)(C)C)cc1C(C)O.Cc1oc(C(C)(C)C)cc1CN(C)C.Cc1sc(C(C)(C)C)cc1C(=O)N(C)C.Cc1sc(C(C)(C)C)nc1C1(O)COC1.Cc1sc(C(C)(C)C)nc1CN(C)C.